The molecule has 0 aliphatic carbocycles. The van der Waals surface area contributed by atoms with Crippen LogP contribution in [0.4, 0.5) is 5.69 Å². The normalized spacial score (nSPS) is 11.8. The van der Waals surface area contributed by atoms with E-state index in [4.69, 9.17) is 9.47 Å². The summed E-state index contributed by atoms with van der Waals surface area (Å²) in [5.74, 6) is 0.435. The first-order chi connectivity index (χ1) is 10.1. The van der Waals surface area contributed by atoms with Gasteiger partial charge < -0.3 is 14.8 Å². The van der Waals surface area contributed by atoms with Crippen LogP contribution in [0.2, 0.25) is 0 Å². The molecule has 0 saturated carbocycles. The van der Waals surface area contributed by atoms with E-state index >= 15 is 0 Å². The zero-order valence-electron chi connectivity index (χ0n) is 11.8. The van der Waals surface area contributed by atoms with Crippen LogP contribution in [-0.2, 0) is 9.53 Å². The molecule has 1 aromatic heterocycles. The van der Waals surface area contributed by atoms with Crippen molar-refractivity contribution in [1.29, 1.82) is 0 Å². The molecule has 1 aromatic carbocycles. The first-order valence-electron chi connectivity index (χ1n) is 6.46. The third-order valence-corrected chi connectivity index (χ3v) is 4.47. The molecular weight excluding hydrogens is 354 g/mol. The minimum atomic E-state index is -0.534. The van der Waals surface area contributed by atoms with Gasteiger partial charge in [-0.2, -0.15) is 0 Å². The van der Waals surface area contributed by atoms with Crippen molar-refractivity contribution in [2.75, 3.05) is 19.0 Å². The molecule has 0 aliphatic rings. The van der Waals surface area contributed by atoms with E-state index in [0.717, 1.165) is 20.1 Å². The van der Waals surface area contributed by atoms with Crippen molar-refractivity contribution < 1.29 is 14.3 Å². The van der Waals surface area contributed by atoms with Gasteiger partial charge >= 0.3 is 5.97 Å². The highest BCUT2D eigenvalue weighted by Crippen LogP contribution is 2.31. The Balaban J connectivity index is 2.24. The molecule has 1 heterocycles. The molecule has 0 aliphatic heterocycles. The van der Waals surface area contributed by atoms with Crippen molar-refractivity contribution in [3.8, 4) is 5.75 Å². The fourth-order valence-electron chi connectivity index (χ4n) is 1.83. The van der Waals surface area contributed by atoms with Crippen molar-refractivity contribution in [3.63, 3.8) is 0 Å². The monoisotopic (exact) mass is 369 g/mol. The Labute approximate surface area is 136 Å². The highest BCUT2D eigenvalue weighted by Gasteiger charge is 2.23. The lowest BCUT2D eigenvalue weighted by atomic mass is 10.2. The maximum atomic E-state index is 12.2. The van der Waals surface area contributed by atoms with E-state index < -0.39 is 6.04 Å². The number of carbonyl (C=O) groups excluding carboxylic acids is 1. The first kappa shape index (κ1) is 15.9. The average Bonchev–Trinajstić information content (AvgIpc) is 2.91. The minimum Gasteiger partial charge on any atom is -0.497 e. The maximum absolute atomic E-state index is 12.2. The summed E-state index contributed by atoms with van der Waals surface area (Å²) in [5.41, 5.74) is 0.803. The van der Waals surface area contributed by atoms with E-state index in [1.54, 1.807) is 14.0 Å². The van der Waals surface area contributed by atoms with Gasteiger partial charge in [-0.05, 0) is 47.1 Å². The number of methoxy groups -OCH3 is 1. The van der Waals surface area contributed by atoms with Crippen LogP contribution in [0.25, 0.3) is 0 Å². The van der Waals surface area contributed by atoms with Crippen LogP contribution in [-0.4, -0.2) is 19.7 Å². The molecule has 0 bridgehead atoms. The molecule has 0 fully saturated rings. The van der Waals surface area contributed by atoms with Gasteiger partial charge in [0.15, 0.2) is 6.04 Å². The molecule has 2 aromatic rings. The molecule has 0 radical (unpaired) electrons. The summed E-state index contributed by atoms with van der Waals surface area (Å²) >= 11 is 4.92. The fourth-order valence-corrected chi connectivity index (χ4v) is 3.30. The Morgan fingerprint density at radius 1 is 1.38 bits per heavy atom. The molecule has 2 rings (SSSR count). The van der Waals surface area contributed by atoms with E-state index in [1.807, 2.05) is 36.4 Å². The van der Waals surface area contributed by atoms with Gasteiger partial charge in [-0.3, -0.25) is 0 Å². The Hall–Kier alpha value is -1.53. The number of nitrogens with one attached hydrogen (secondary N) is 1. The van der Waals surface area contributed by atoms with Crippen LogP contribution >= 0.6 is 27.3 Å². The van der Waals surface area contributed by atoms with Crippen LogP contribution in [0.15, 0.2) is 40.2 Å². The van der Waals surface area contributed by atoms with Crippen molar-refractivity contribution >= 4 is 38.9 Å². The molecule has 0 saturated heterocycles. The second-order valence-electron chi connectivity index (χ2n) is 4.20. The summed E-state index contributed by atoms with van der Waals surface area (Å²) in [6, 6.07) is 10.7. The second-order valence-corrected chi connectivity index (χ2v) is 6.70. The molecule has 4 nitrogen and oxygen atoms in total. The predicted molar refractivity (Wildman–Crippen MR) is 88.0 cm³/mol. The standard InChI is InChI=1S/C15H16BrNO3S/c1-3-20-15(18)14(12-7-8-13(16)21-12)17-10-5-4-6-11(9-10)19-2/h4-9,14,17H,3H2,1-2H3. The predicted octanol–water partition coefficient (Wildman–Crippen LogP) is 4.24. The summed E-state index contributed by atoms with van der Waals surface area (Å²) < 4.78 is 11.3. The van der Waals surface area contributed by atoms with E-state index in [9.17, 15) is 4.79 Å². The Bertz CT molecular complexity index is 614. The quantitative estimate of drug-likeness (QED) is 0.773. The molecule has 6 heteroatoms. The van der Waals surface area contributed by atoms with Crippen LogP contribution in [0, 0.1) is 0 Å². The SMILES string of the molecule is CCOC(=O)C(Nc1cccc(OC)c1)c1ccc(Br)s1. The molecular formula is C15H16BrNO3S. The number of thiophene rings is 1. The zero-order chi connectivity index (χ0) is 15.2. The summed E-state index contributed by atoms with van der Waals surface area (Å²) in [6.07, 6.45) is 0. The largest absolute Gasteiger partial charge is 0.497 e. The van der Waals surface area contributed by atoms with E-state index in [-0.39, 0.29) is 5.97 Å². The van der Waals surface area contributed by atoms with E-state index in [1.165, 1.54) is 11.3 Å². The lowest BCUT2D eigenvalue weighted by Gasteiger charge is -2.17. The number of esters is 1. The number of rotatable bonds is 6. The zero-order valence-corrected chi connectivity index (χ0v) is 14.2. The van der Waals surface area contributed by atoms with Crippen molar-refractivity contribution in [2.24, 2.45) is 0 Å². The molecule has 0 amide bonds. The average molecular weight is 370 g/mol. The second kappa shape index (κ2) is 7.47. The van der Waals surface area contributed by atoms with Gasteiger partial charge in [0.05, 0.1) is 17.5 Å². The van der Waals surface area contributed by atoms with Crippen LogP contribution < -0.4 is 10.1 Å². The lowest BCUT2D eigenvalue weighted by Crippen LogP contribution is -2.22. The number of benzene rings is 1. The third-order valence-electron chi connectivity index (χ3n) is 2.78. The Kier molecular flexibility index (Phi) is 5.64. The van der Waals surface area contributed by atoms with Gasteiger partial charge in [0, 0.05) is 16.6 Å². The maximum Gasteiger partial charge on any atom is 0.334 e. The van der Waals surface area contributed by atoms with Crippen LogP contribution in [0.5, 0.6) is 5.75 Å². The van der Waals surface area contributed by atoms with Gasteiger partial charge in [0.25, 0.3) is 0 Å². The molecule has 0 spiro atoms. The van der Waals surface area contributed by atoms with Gasteiger partial charge in [-0.15, -0.1) is 11.3 Å². The Morgan fingerprint density at radius 2 is 2.19 bits per heavy atom. The van der Waals surface area contributed by atoms with Gasteiger partial charge in [0.2, 0.25) is 0 Å². The fraction of sp³-hybridized carbons (Fsp3) is 0.267. The highest BCUT2D eigenvalue weighted by molar-refractivity contribution is 9.11. The number of ether oxygens (including phenoxy) is 2. The van der Waals surface area contributed by atoms with Gasteiger partial charge in [0.1, 0.15) is 5.75 Å². The molecule has 112 valence electrons. The lowest BCUT2D eigenvalue weighted by molar-refractivity contribution is -0.144. The van der Waals surface area contributed by atoms with Crippen molar-refractivity contribution in [3.05, 3.63) is 45.1 Å². The number of hydrogen-bond donors (Lipinski definition) is 1. The van der Waals surface area contributed by atoms with Crippen LogP contribution in [0.3, 0.4) is 0 Å². The topological polar surface area (TPSA) is 47.6 Å². The number of hydrogen-bond acceptors (Lipinski definition) is 5. The van der Waals surface area contributed by atoms with Crippen molar-refractivity contribution in [1.82, 2.24) is 0 Å². The van der Waals surface area contributed by atoms with E-state index in [0.29, 0.717) is 6.61 Å². The molecule has 1 unspecified atom stereocenters. The number of anilines is 1. The van der Waals surface area contributed by atoms with Crippen LogP contribution in [0.1, 0.15) is 17.8 Å². The highest BCUT2D eigenvalue weighted by atomic mass is 79.9. The smallest absolute Gasteiger partial charge is 0.334 e. The summed E-state index contributed by atoms with van der Waals surface area (Å²) in [4.78, 5) is 13.1. The molecule has 21 heavy (non-hydrogen) atoms. The summed E-state index contributed by atoms with van der Waals surface area (Å²) in [7, 11) is 1.61. The van der Waals surface area contributed by atoms with E-state index in [2.05, 4.69) is 21.2 Å². The third kappa shape index (κ3) is 4.22. The number of carbonyl (C=O) groups is 1. The first-order valence-corrected chi connectivity index (χ1v) is 8.07. The molecule has 1 N–H and O–H groups in total. The van der Waals surface area contributed by atoms with Crippen molar-refractivity contribution in [2.45, 2.75) is 13.0 Å². The summed E-state index contributed by atoms with van der Waals surface area (Å²) in [5, 5.41) is 3.20. The van der Waals surface area contributed by atoms with Gasteiger partial charge in [-0.1, -0.05) is 6.07 Å². The molecule has 1 atom stereocenters. The van der Waals surface area contributed by atoms with Gasteiger partial charge in [-0.25, -0.2) is 4.79 Å². The number of halogens is 1. The summed E-state index contributed by atoms with van der Waals surface area (Å²) in [6.45, 7) is 2.15. The Morgan fingerprint density at radius 3 is 2.81 bits per heavy atom. The minimum absolute atomic E-state index is 0.297.